The molecule has 2 heterocycles. The van der Waals surface area contributed by atoms with Gasteiger partial charge in [-0.15, -0.1) is 0 Å². The molecular formula is C24H19BF6N4O3. The van der Waals surface area contributed by atoms with E-state index in [0.29, 0.717) is 5.56 Å². The zero-order chi connectivity index (χ0) is 28.0. The Morgan fingerprint density at radius 1 is 1.05 bits per heavy atom. The molecule has 0 saturated carbocycles. The van der Waals surface area contributed by atoms with E-state index in [1.54, 1.807) is 0 Å². The summed E-state index contributed by atoms with van der Waals surface area (Å²) in [6, 6.07) is 7.51. The van der Waals surface area contributed by atoms with Crippen molar-refractivity contribution in [1.29, 1.82) is 0 Å². The molecule has 14 heteroatoms. The number of carbonyl (C=O) groups is 2. The third kappa shape index (κ3) is 5.48. The summed E-state index contributed by atoms with van der Waals surface area (Å²) in [5, 5.41) is 15.1. The summed E-state index contributed by atoms with van der Waals surface area (Å²) in [6.45, 7) is 1.34. The molecule has 0 saturated heterocycles. The van der Waals surface area contributed by atoms with Crippen molar-refractivity contribution in [2.75, 3.05) is 11.4 Å². The molecule has 2 aromatic carbocycles. The first-order valence-electron chi connectivity index (χ1n) is 11.2. The van der Waals surface area contributed by atoms with Gasteiger partial charge in [0.15, 0.2) is 5.69 Å². The van der Waals surface area contributed by atoms with E-state index in [1.165, 1.54) is 42.2 Å². The number of aromatic carboxylic acids is 1. The number of aromatic nitrogens is 2. The fourth-order valence-corrected chi connectivity index (χ4v) is 4.27. The summed E-state index contributed by atoms with van der Waals surface area (Å²) < 4.78 is 82.3. The molecule has 2 radical (unpaired) electrons. The summed E-state index contributed by atoms with van der Waals surface area (Å²) in [6.07, 6.45) is -9.66. The van der Waals surface area contributed by atoms with Gasteiger partial charge in [-0.3, -0.25) is 4.79 Å². The number of rotatable bonds is 6. The standard InChI is InChI=1S/C24H19BF6N4O3/c1-12(14-2-4-15(5-3-14)22(37)38)32-20(36)18-19(24(29,30)31)33-35-7-6-34(21(18)35)11-13-8-16(23(26,27)28)10-17(25)9-13/h2-5,8-10,12H,6-7,11H2,1H3,(H,32,36)(H,37,38)/t12-/m0/s1. The number of carbonyl (C=O) groups excluding carboxylic acids is 1. The smallest absolute Gasteiger partial charge is 0.436 e. The summed E-state index contributed by atoms with van der Waals surface area (Å²) in [7, 11) is 5.62. The van der Waals surface area contributed by atoms with Crippen LogP contribution in [0.3, 0.4) is 0 Å². The van der Waals surface area contributed by atoms with E-state index in [1.807, 2.05) is 0 Å². The molecular weight excluding hydrogens is 517 g/mol. The number of nitrogens with one attached hydrogen (secondary N) is 1. The van der Waals surface area contributed by atoms with Gasteiger partial charge in [0.2, 0.25) is 0 Å². The van der Waals surface area contributed by atoms with Gasteiger partial charge >= 0.3 is 18.3 Å². The topological polar surface area (TPSA) is 87.5 Å². The largest absolute Gasteiger partial charge is 0.478 e. The number of halogens is 6. The van der Waals surface area contributed by atoms with Crippen molar-refractivity contribution in [1.82, 2.24) is 15.1 Å². The van der Waals surface area contributed by atoms with E-state index in [2.05, 4.69) is 10.4 Å². The van der Waals surface area contributed by atoms with E-state index in [9.17, 15) is 35.9 Å². The molecule has 0 spiro atoms. The molecule has 1 amide bonds. The van der Waals surface area contributed by atoms with Gasteiger partial charge in [0.1, 0.15) is 19.2 Å². The normalized spacial score (nSPS) is 14.3. The minimum absolute atomic E-state index is 0.00744. The fourth-order valence-electron chi connectivity index (χ4n) is 4.27. The lowest BCUT2D eigenvalue weighted by molar-refractivity contribution is -0.142. The van der Waals surface area contributed by atoms with Gasteiger partial charge in [-0.05, 0) is 36.2 Å². The molecule has 3 aromatic rings. The minimum atomic E-state index is -4.98. The second kappa shape index (κ2) is 9.73. The average Bonchev–Trinajstić information content (AvgIpc) is 3.38. The molecule has 7 nitrogen and oxygen atoms in total. The first-order valence-corrected chi connectivity index (χ1v) is 11.2. The van der Waals surface area contributed by atoms with Gasteiger partial charge in [-0.2, -0.15) is 31.4 Å². The van der Waals surface area contributed by atoms with Crippen LogP contribution in [0.15, 0.2) is 42.5 Å². The number of benzene rings is 2. The summed E-state index contributed by atoms with van der Waals surface area (Å²) in [5.41, 5.74) is -2.82. The monoisotopic (exact) mass is 536 g/mol. The van der Waals surface area contributed by atoms with Gasteiger partial charge in [0.25, 0.3) is 5.91 Å². The van der Waals surface area contributed by atoms with Gasteiger partial charge in [-0.25, -0.2) is 9.48 Å². The number of fused-ring (bicyclic) bond motifs is 1. The third-order valence-electron chi connectivity index (χ3n) is 6.02. The quantitative estimate of drug-likeness (QED) is 0.369. The first kappa shape index (κ1) is 27.1. The van der Waals surface area contributed by atoms with Crippen LogP contribution in [-0.4, -0.2) is 41.2 Å². The predicted molar refractivity (Wildman–Crippen MR) is 124 cm³/mol. The third-order valence-corrected chi connectivity index (χ3v) is 6.02. The van der Waals surface area contributed by atoms with Crippen LogP contribution >= 0.6 is 0 Å². The van der Waals surface area contributed by atoms with Crippen LogP contribution in [0.25, 0.3) is 0 Å². The van der Waals surface area contributed by atoms with Crippen LogP contribution in [0.4, 0.5) is 32.2 Å². The first-order chi connectivity index (χ1) is 17.6. The highest BCUT2D eigenvalue weighted by Gasteiger charge is 2.44. The SMILES string of the molecule is [B]c1cc(CN2CCn3nc(C(F)(F)F)c(C(=O)N[C@@H](C)c4ccc(C(=O)O)cc4)c32)cc(C(F)(F)F)c1. The van der Waals surface area contributed by atoms with Crippen molar-refractivity contribution in [2.24, 2.45) is 0 Å². The molecule has 2 N–H and O–H groups in total. The summed E-state index contributed by atoms with van der Waals surface area (Å²) >= 11 is 0. The molecule has 1 aromatic heterocycles. The summed E-state index contributed by atoms with van der Waals surface area (Å²) in [5.74, 6) is -2.44. The highest BCUT2D eigenvalue weighted by atomic mass is 19.4. The number of amides is 1. The number of alkyl halides is 6. The van der Waals surface area contributed by atoms with Crippen molar-refractivity contribution in [3.63, 3.8) is 0 Å². The Hall–Kier alpha value is -3.97. The lowest BCUT2D eigenvalue weighted by Gasteiger charge is -2.22. The molecule has 0 aliphatic carbocycles. The molecule has 38 heavy (non-hydrogen) atoms. The molecule has 1 aliphatic rings. The highest BCUT2D eigenvalue weighted by Crippen LogP contribution is 2.39. The fraction of sp³-hybridized carbons (Fsp3) is 0.292. The number of carboxylic acid groups (broad SMARTS) is 1. The number of hydrogen-bond acceptors (Lipinski definition) is 4. The molecule has 1 atom stereocenters. The van der Waals surface area contributed by atoms with E-state index in [0.717, 1.165) is 16.8 Å². The van der Waals surface area contributed by atoms with Crippen molar-refractivity contribution in [2.45, 2.75) is 38.4 Å². The number of hydrogen-bond donors (Lipinski definition) is 2. The highest BCUT2D eigenvalue weighted by molar-refractivity contribution is 6.32. The maximum Gasteiger partial charge on any atom is 0.436 e. The number of anilines is 1. The second-order valence-electron chi connectivity index (χ2n) is 8.77. The molecule has 0 bridgehead atoms. The van der Waals surface area contributed by atoms with E-state index in [-0.39, 0.29) is 42.0 Å². The lowest BCUT2D eigenvalue weighted by atomic mass is 9.91. The zero-order valence-electron chi connectivity index (χ0n) is 19.7. The van der Waals surface area contributed by atoms with Gasteiger partial charge in [0, 0.05) is 13.1 Å². The average molecular weight is 536 g/mol. The zero-order valence-corrected chi connectivity index (χ0v) is 19.7. The Kier molecular flexibility index (Phi) is 6.93. The van der Waals surface area contributed by atoms with Crippen molar-refractivity contribution >= 4 is 31.0 Å². The van der Waals surface area contributed by atoms with Crippen LogP contribution in [0.5, 0.6) is 0 Å². The molecule has 4 rings (SSSR count). The summed E-state index contributed by atoms with van der Waals surface area (Å²) in [4.78, 5) is 25.6. The molecule has 0 unspecified atom stereocenters. The van der Waals surface area contributed by atoms with Crippen molar-refractivity contribution in [3.8, 4) is 0 Å². The Balaban J connectivity index is 1.67. The van der Waals surface area contributed by atoms with Gasteiger partial charge in [0.05, 0.1) is 23.7 Å². The van der Waals surface area contributed by atoms with Crippen LogP contribution in [0.1, 0.15) is 56.1 Å². The number of carboxylic acids is 1. The van der Waals surface area contributed by atoms with E-state index < -0.39 is 47.1 Å². The lowest BCUT2D eigenvalue weighted by Crippen LogP contribution is -2.31. The Morgan fingerprint density at radius 2 is 1.71 bits per heavy atom. The van der Waals surface area contributed by atoms with Gasteiger partial charge < -0.3 is 15.3 Å². The van der Waals surface area contributed by atoms with Crippen LogP contribution in [0, 0.1) is 0 Å². The Bertz CT molecular complexity index is 1390. The van der Waals surface area contributed by atoms with Crippen LogP contribution < -0.4 is 15.7 Å². The molecule has 198 valence electrons. The second-order valence-corrected chi connectivity index (χ2v) is 8.77. The number of nitrogens with zero attached hydrogens (tertiary/aromatic N) is 3. The minimum Gasteiger partial charge on any atom is -0.478 e. The van der Waals surface area contributed by atoms with Gasteiger partial charge in [-0.1, -0.05) is 29.7 Å². The maximum absolute atomic E-state index is 13.9. The molecule has 1 aliphatic heterocycles. The van der Waals surface area contributed by atoms with E-state index >= 15 is 0 Å². The predicted octanol–water partition coefficient (Wildman–Crippen LogP) is 3.92. The van der Waals surface area contributed by atoms with Crippen molar-refractivity contribution < 1.29 is 41.0 Å². The maximum atomic E-state index is 13.9. The Morgan fingerprint density at radius 3 is 2.29 bits per heavy atom. The van der Waals surface area contributed by atoms with Crippen LogP contribution in [0.2, 0.25) is 0 Å². The van der Waals surface area contributed by atoms with Crippen LogP contribution in [-0.2, 0) is 25.4 Å². The molecule has 0 fully saturated rings. The van der Waals surface area contributed by atoms with Crippen molar-refractivity contribution in [3.05, 3.63) is 76.0 Å². The Labute approximate surface area is 213 Å². The van der Waals surface area contributed by atoms with E-state index in [4.69, 9.17) is 13.0 Å².